The molecule has 6 nitrogen and oxygen atoms in total. The van der Waals surface area contributed by atoms with Gasteiger partial charge < -0.3 is 14.6 Å². The summed E-state index contributed by atoms with van der Waals surface area (Å²) in [6.45, 7) is 5.02. The molecule has 1 aliphatic rings. The summed E-state index contributed by atoms with van der Waals surface area (Å²) >= 11 is 0. The van der Waals surface area contributed by atoms with E-state index in [0.29, 0.717) is 17.1 Å². The molecule has 1 atom stereocenters. The largest absolute Gasteiger partial charge is 0.449 e. The van der Waals surface area contributed by atoms with E-state index in [1.807, 2.05) is 0 Å². The number of fused-ring (bicyclic) bond motifs is 1. The molecule has 0 saturated heterocycles. The Morgan fingerprint density at radius 3 is 2.44 bits per heavy atom. The minimum Gasteiger partial charge on any atom is -0.449 e. The van der Waals surface area contributed by atoms with Crippen molar-refractivity contribution in [1.29, 1.82) is 0 Å². The standard InChI is InChI=1S/C12H15NO5/c1-7(6-14)8-4-10-11(5-9(8)13(15)16)18-12(2,3)17-10/h4-5,7,14H,6H2,1-3H3/t7-/m0/s1. The molecule has 0 aliphatic carbocycles. The third-order valence-corrected chi connectivity index (χ3v) is 2.81. The Morgan fingerprint density at radius 2 is 1.94 bits per heavy atom. The molecule has 1 aromatic carbocycles. The van der Waals surface area contributed by atoms with Crippen LogP contribution in [0.2, 0.25) is 0 Å². The minimum atomic E-state index is -0.822. The maximum atomic E-state index is 11.0. The molecule has 0 aromatic heterocycles. The van der Waals surface area contributed by atoms with E-state index in [0.717, 1.165) is 0 Å². The molecule has 98 valence electrons. The van der Waals surface area contributed by atoms with E-state index in [-0.39, 0.29) is 18.2 Å². The van der Waals surface area contributed by atoms with Crippen molar-refractivity contribution in [2.24, 2.45) is 0 Å². The van der Waals surface area contributed by atoms with Gasteiger partial charge in [-0.05, 0) is 6.07 Å². The van der Waals surface area contributed by atoms with Crippen LogP contribution in [0.5, 0.6) is 11.5 Å². The van der Waals surface area contributed by atoms with Crippen molar-refractivity contribution < 1.29 is 19.5 Å². The lowest BCUT2D eigenvalue weighted by atomic mass is 9.99. The topological polar surface area (TPSA) is 81.8 Å². The zero-order valence-corrected chi connectivity index (χ0v) is 10.5. The average molecular weight is 253 g/mol. The molecule has 0 spiro atoms. The van der Waals surface area contributed by atoms with Gasteiger partial charge in [-0.2, -0.15) is 0 Å². The van der Waals surface area contributed by atoms with Crippen LogP contribution in [0, 0.1) is 10.1 Å². The molecular weight excluding hydrogens is 238 g/mol. The third kappa shape index (κ3) is 2.11. The lowest BCUT2D eigenvalue weighted by Gasteiger charge is -2.16. The first-order valence-electron chi connectivity index (χ1n) is 5.65. The lowest BCUT2D eigenvalue weighted by molar-refractivity contribution is -0.385. The average Bonchev–Trinajstić information content (AvgIpc) is 2.58. The van der Waals surface area contributed by atoms with Crippen LogP contribution in [0.25, 0.3) is 0 Å². The van der Waals surface area contributed by atoms with Gasteiger partial charge in [-0.25, -0.2) is 0 Å². The first-order chi connectivity index (χ1) is 8.34. The second kappa shape index (κ2) is 4.13. The molecule has 2 rings (SSSR count). The minimum absolute atomic E-state index is 0.0587. The van der Waals surface area contributed by atoms with Gasteiger partial charge in [0, 0.05) is 31.9 Å². The van der Waals surface area contributed by atoms with Gasteiger partial charge in [-0.1, -0.05) is 6.92 Å². The molecule has 0 saturated carbocycles. The van der Waals surface area contributed by atoms with Crippen molar-refractivity contribution in [3.05, 3.63) is 27.8 Å². The Balaban J connectivity index is 2.52. The highest BCUT2D eigenvalue weighted by atomic mass is 16.7. The number of rotatable bonds is 3. The summed E-state index contributed by atoms with van der Waals surface area (Å²) in [4.78, 5) is 10.6. The van der Waals surface area contributed by atoms with Crippen LogP contribution in [0.4, 0.5) is 5.69 Å². The zero-order valence-electron chi connectivity index (χ0n) is 10.5. The maximum absolute atomic E-state index is 11.0. The summed E-state index contributed by atoms with van der Waals surface area (Å²) in [7, 11) is 0. The Hall–Kier alpha value is -1.82. The van der Waals surface area contributed by atoms with E-state index in [2.05, 4.69) is 0 Å². The number of aliphatic hydroxyl groups excluding tert-OH is 1. The van der Waals surface area contributed by atoms with E-state index in [1.165, 1.54) is 6.07 Å². The van der Waals surface area contributed by atoms with Gasteiger partial charge in [0.15, 0.2) is 11.5 Å². The Morgan fingerprint density at radius 1 is 1.39 bits per heavy atom. The number of hydrogen-bond acceptors (Lipinski definition) is 5. The second-order valence-electron chi connectivity index (χ2n) is 4.80. The molecule has 0 radical (unpaired) electrons. The highest BCUT2D eigenvalue weighted by Crippen LogP contribution is 2.44. The zero-order chi connectivity index (χ0) is 13.5. The predicted octanol–water partition coefficient (Wildman–Crippen LogP) is 2.20. The fraction of sp³-hybridized carbons (Fsp3) is 0.500. The van der Waals surface area contributed by atoms with Crippen LogP contribution < -0.4 is 9.47 Å². The van der Waals surface area contributed by atoms with Gasteiger partial charge in [0.2, 0.25) is 5.79 Å². The van der Waals surface area contributed by atoms with E-state index < -0.39 is 10.7 Å². The molecule has 18 heavy (non-hydrogen) atoms. The van der Waals surface area contributed by atoms with Crippen molar-refractivity contribution in [3.63, 3.8) is 0 Å². The molecule has 1 aromatic rings. The fourth-order valence-electron chi connectivity index (χ4n) is 1.93. The van der Waals surface area contributed by atoms with E-state index in [9.17, 15) is 10.1 Å². The molecule has 0 fully saturated rings. The smallest absolute Gasteiger partial charge is 0.276 e. The molecule has 0 bridgehead atoms. The van der Waals surface area contributed by atoms with Crippen LogP contribution >= 0.6 is 0 Å². The molecule has 1 aliphatic heterocycles. The van der Waals surface area contributed by atoms with Crippen molar-refractivity contribution >= 4 is 5.69 Å². The number of nitro benzene ring substituents is 1. The van der Waals surface area contributed by atoms with Crippen molar-refractivity contribution in [3.8, 4) is 11.5 Å². The number of aliphatic hydroxyl groups is 1. The predicted molar refractivity (Wildman–Crippen MR) is 63.9 cm³/mol. The Bertz CT molecular complexity index is 497. The van der Waals surface area contributed by atoms with Gasteiger partial charge in [0.05, 0.1) is 11.0 Å². The number of hydrogen-bond donors (Lipinski definition) is 1. The van der Waals surface area contributed by atoms with Gasteiger partial charge in [0.1, 0.15) is 0 Å². The van der Waals surface area contributed by atoms with E-state index in [4.69, 9.17) is 14.6 Å². The van der Waals surface area contributed by atoms with Gasteiger partial charge in [-0.3, -0.25) is 10.1 Å². The first-order valence-corrected chi connectivity index (χ1v) is 5.65. The van der Waals surface area contributed by atoms with Crippen LogP contribution in [-0.2, 0) is 0 Å². The van der Waals surface area contributed by atoms with Crippen LogP contribution in [0.1, 0.15) is 32.3 Å². The van der Waals surface area contributed by atoms with E-state index in [1.54, 1.807) is 26.8 Å². The van der Waals surface area contributed by atoms with Crippen molar-refractivity contribution in [1.82, 2.24) is 0 Å². The molecule has 1 heterocycles. The molecular formula is C12H15NO5. The third-order valence-electron chi connectivity index (χ3n) is 2.81. The van der Waals surface area contributed by atoms with Crippen molar-refractivity contribution in [2.45, 2.75) is 32.5 Å². The number of benzene rings is 1. The highest BCUT2D eigenvalue weighted by molar-refractivity contribution is 5.56. The number of nitrogens with zero attached hydrogens (tertiary/aromatic N) is 1. The molecule has 0 unspecified atom stereocenters. The summed E-state index contributed by atoms with van der Waals surface area (Å²) in [5.41, 5.74) is 0.388. The summed E-state index contributed by atoms with van der Waals surface area (Å²) in [6, 6.07) is 2.93. The molecule has 6 heteroatoms. The fourth-order valence-corrected chi connectivity index (χ4v) is 1.93. The SMILES string of the molecule is C[C@@H](CO)c1cc2c(cc1[N+](=O)[O-])OC(C)(C)O2. The van der Waals surface area contributed by atoms with Crippen LogP contribution in [-0.4, -0.2) is 22.4 Å². The van der Waals surface area contributed by atoms with E-state index >= 15 is 0 Å². The van der Waals surface area contributed by atoms with Crippen LogP contribution in [0.15, 0.2) is 12.1 Å². The first kappa shape index (κ1) is 12.6. The Labute approximate surface area is 104 Å². The maximum Gasteiger partial charge on any atom is 0.276 e. The van der Waals surface area contributed by atoms with Crippen LogP contribution in [0.3, 0.4) is 0 Å². The highest BCUT2D eigenvalue weighted by Gasteiger charge is 2.35. The monoisotopic (exact) mass is 253 g/mol. The lowest BCUT2D eigenvalue weighted by Crippen LogP contribution is -2.29. The normalized spacial score (nSPS) is 17.6. The summed E-state index contributed by atoms with van der Waals surface area (Å²) in [5.74, 6) is -0.318. The Kier molecular flexibility index (Phi) is 2.90. The second-order valence-corrected chi connectivity index (χ2v) is 4.80. The quantitative estimate of drug-likeness (QED) is 0.659. The van der Waals surface area contributed by atoms with Gasteiger partial charge in [-0.15, -0.1) is 0 Å². The van der Waals surface area contributed by atoms with Gasteiger partial charge >= 0.3 is 0 Å². The summed E-state index contributed by atoms with van der Waals surface area (Å²) in [6.07, 6.45) is 0. The number of nitro groups is 1. The number of ether oxygens (including phenoxy) is 2. The summed E-state index contributed by atoms with van der Waals surface area (Å²) in [5, 5.41) is 20.2. The molecule has 1 N–H and O–H groups in total. The summed E-state index contributed by atoms with van der Waals surface area (Å²) < 4.78 is 11.0. The molecule has 0 amide bonds. The van der Waals surface area contributed by atoms with Gasteiger partial charge in [0.25, 0.3) is 5.69 Å². The van der Waals surface area contributed by atoms with Crippen molar-refractivity contribution in [2.75, 3.05) is 6.61 Å².